The lowest BCUT2D eigenvalue weighted by Gasteiger charge is -2.37. The summed E-state index contributed by atoms with van der Waals surface area (Å²) in [6, 6.07) is 3.57. The van der Waals surface area contributed by atoms with Crippen molar-refractivity contribution in [1.29, 1.82) is 0 Å². The molecule has 0 aromatic carbocycles. The predicted molar refractivity (Wildman–Crippen MR) is 116 cm³/mol. The van der Waals surface area contributed by atoms with Crippen molar-refractivity contribution < 1.29 is 13.0 Å². The van der Waals surface area contributed by atoms with Gasteiger partial charge in [0.2, 0.25) is 0 Å². The number of hydrogen-bond donors (Lipinski definition) is 0. The van der Waals surface area contributed by atoms with Gasteiger partial charge in [-0.15, -0.1) is 0 Å². The Labute approximate surface area is 155 Å². The van der Waals surface area contributed by atoms with Crippen LogP contribution in [0, 0.1) is 12.0 Å². The molecule has 0 heterocycles. The molecule has 0 aromatic heterocycles. The molecule has 0 fully saturated rings. The first-order chi connectivity index (χ1) is 10.7. The van der Waals surface area contributed by atoms with E-state index in [4.69, 9.17) is 13.0 Å². The van der Waals surface area contributed by atoms with Crippen molar-refractivity contribution in [2.45, 2.75) is 90.4 Å². The highest BCUT2D eigenvalue weighted by atomic mass is 28.4. The Morgan fingerprint density at radius 2 is 1.12 bits per heavy atom. The summed E-state index contributed by atoms with van der Waals surface area (Å²) in [7, 11) is -6.27. The van der Waals surface area contributed by atoms with E-state index >= 15 is 0 Å². The van der Waals surface area contributed by atoms with E-state index in [9.17, 15) is 0 Å². The number of ether oxygens (including phenoxy) is 1. The van der Waals surface area contributed by atoms with Crippen LogP contribution in [0.5, 0.6) is 0 Å². The lowest BCUT2D eigenvalue weighted by atomic mass is 10.5. The van der Waals surface area contributed by atoms with Gasteiger partial charge < -0.3 is 13.0 Å². The molecular weight excluding hydrogens is 365 g/mol. The van der Waals surface area contributed by atoms with Crippen molar-refractivity contribution in [3.05, 3.63) is 0 Å². The Morgan fingerprint density at radius 3 is 1.58 bits per heavy atom. The molecule has 0 atom stereocenters. The molecule has 0 saturated heterocycles. The molecule has 3 nitrogen and oxygen atoms in total. The summed E-state index contributed by atoms with van der Waals surface area (Å²) in [6.07, 6.45) is 3.70. The summed E-state index contributed by atoms with van der Waals surface area (Å²) in [6.45, 7) is 23.6. The SMILES string of the molecule is CC#COCCC[Si](C)(C)O[Si](C)(C)CC[Si](C)(C)O[Si](C)(C)C. The average molecular weight is 405 g/mol. The van der Waals surface area contributed by atoms with Crippen LogP contribution in [0.2, 0.25) is 77.1 Å². The first-order valence-corrected chi connectivity index (χ1v) is 21.9. The molecule has 142 valence electrons. The van der Waals surface area contributed by atoms with Crippen LogP contribution >= 0.6 is 0 Å². The second-order valence-corrected chi connectivity index (χ2v) is 27.3. The van der Waals surface area contributed by atoms with E-state index in [1.54, 1.807) is 6.92 Å². The van der Waals surface area contributed by atoms with Gasteiger partial charge in [-0.25, -0.2) is 0 Å². The van der Waals surface area contributed by atoms with Crippen molar-refractivity contribution in [3.63, 3.8) is 0 Å². The normalized spacial score (nSPS) is 13.4. The third-order valence-electron chi connectivity index (χ3n) is 3.66. The van der Waals surface area contributed by atoms with Crippen LogP contribution in [-0.2, 0) is 13.0 Å². The summed E-state index contributed by atoms with van der Waals surface area (Å²) in [5.74, 6) is 2.76. The molecule has 0 N–H and O–H groups in total. The van der Waals surface area contributed by atoms with Gasteiger partial charge in [-0.1, -0.05) is 5.92 Å². The standard InChI is InChI=1S/C17H40O3Si4/c1-11-13-18-14-12-15-22(5,6)20-24(9,10)17-16-23(7,8)19-21(2,3)4/h12,14-17H2,1-10H3. The van der Waals surface area contributed by atoms with Crippen molar-refractivity contribution in [2.24, 2.45) is 0 Å². The number of hydrogen-bond acceptors (Lipinski definition) is 3. The minimum Gasteiger partial charge on any atom is -0.456 e. The minimum atomic E-state index is -1.64. The van der Waals surface area contributed by atoms with Gasteiger partial charge in [0.25, 0.3) is 0 Å². The van der Waals surface area contributed by atoms with Crippen molar-refractivity contribution >= 4 is 33.3 Å². The topological polar surface area (TPSA) is 27.7 Å². The Hall–Kier alpha value is 0.148. The average Bonchev–Trinajstić information content (AvgIpc) is 2.32. The predicted octanol–water partition coefficient (Wildman–Crippen LogP) is 5.86. The molecule has 0 amide bonds. The molecule has 0 aliphatic rings. The van der Waals surface area contributed by atoms with E-state index in [-0.39, 0.29) is 0 Å². The Morgan fingerprint density at radius 1 is 0.667 bits per heavy atom. The fourth-order valence-electron chi connectivity index (χ4n) is 3.03. The summed E-state index contributed by atoms with van der Waals surface area (Å²) in [5.41, 5.74) is 0. The van der Waals surface area contributed by atoms with Crippen molar-refractivity contribution in [2.75, 3.05) is 6.61 Å². The second-order valence-electron chi connectivity index (χ2n) is 9.40. The van der Waals surface area contributed by atoms with Gasteiger partial charge in [-0.3, -0.25) is 0 Å². The van der Waals surface area contributed by atoms with E-state index in [2.05, 4.69) is 71.0 Å². The lowest BCUT2D eigenvalue weighted by molar-refractivity contribution is 0.275. The molecule has 0 aromatic rings. The largest absolute Gasteiger partial charge is 0.456 e. The van der Waals surface area contributed by atoms with Gasteiger partial charge in [0.15, 0.2) is 33.3 Å². The minimum absolute atomic E-state index is 0.715. The van der Waals surface area contributed by atoms with E-state index in [0.717, 1.165) is 12.5 Å². The molecule has 0 saturated carbocycles. The van der Waals surface area contributed by atoms with Gasteiger partial charge in [0.1, 0.15) is 6.11 Å². The smallest absolute Gasteiger partial charge is 0.173 e. The molecule has 0 aliphatic heterocycles. The van der Waals surface area contributed by atoms with Crippen molar-refractivity contribution in [3.8, 4) is 12.0 Å². The Balaban J connectivity index is 4.41. The highest BCUT2D eigenvalue weighted by Gasteiger charge is 2.36. The highest BCUT2D eigenvalue weighted by molar-refractivity contribution is 6.87. The number of rotatable bonds is 11. The van der Waals surface area contributed by atoms with Gasteiger partial charge in [-0.2, -0.15) is 0 Å². The second kappa shape index (κ2) is 9.74. The molecule has 0 radical (unpaired) electrons. The highest BCUT2D eigenvalue weighted by Crippen LogP contribution is 2.28. The van der Waals surface area contributed by atoms with Crippen molar-refractivity contribution in [1.82, 2.24) is 0 Å². The third kappa shape index (κ3) is 13.4. The van der Waals surface area contributed by atoms with Crippen LogP contribution in [0.25, 0.3) is 0 Å². The van der Waals surface area contributed by atoms with Crippen LogP contribution in [0.1, 0.15) is 13.3 Å². The molecule has 0 unspecified atom stereocenters. The monoisotopic (exact) mass is 404 g/mol. The van der Waals surface area contributed by atoms with E-state index in [1.165, 1.54) is 12.1 Å². The molecule has 0 bridgehead atoms. The van der Waals surface area contributed by atoms with E-state index in [1.807, 2.05) is 0 Å². The van der Waals surface area contributed by atoms with E-state index in [0.29, 0.717) is 6.61 Å². The first kappa shape index (κ1) is 24.1. The summed E-state index contributed by atoms with van der Waals surface area (Å²) in [4.78, 5) is 0. The summed E-state index contributed by atoms with van der Waals surface area (Å²) >= 11 is 0. The molecule has 7 heteroatoms. The zero-order valence-corrected chi connectivity index (χ0v) is 21.8. The summed E-state index contributed by atoms with van der Waals surface area (Å²) < 4.78 is 18.5. The van der Waals surface area contributed by atoms with Gasteiger partial charge in [-0.05, 0) is 83.5 Å². The zero-order valence-electron chi connectivity index (χ0n) is 17.8. The Bertz CT molecular complexity index is 431. The van der Waals surface area contributed by atoms with Crippen LogP contribution in [-0.4, -0.2) is 39.9 Å². The lowest BCUT2D eigenvalue weighted by Crippen LogP contribution is -2.47. The fourth-order valence-corrected chi connectivity index (χ4v) is 22.7. The fraction of sp³-hybridized carbons (Fsp3) is 0.882. The van der Waals surface area contributed by atoms with Crippen LogP contribution in [0.15, 0.2) is 0 Å². The quantitative estimate of drug-likeness (QED) is 0.245. The Kier molecular flexibility index (Phi) is 9.80. The molecule has 0 rings (SSSR count). The maximum atomic E-state index is 6.72. The van der Waals surface area contributed by atoms with Gasteiger partial charge >= 0.3 is 0 Å². The van der Waals surface area contributed by atoms with E-state index < -0.39 is 33.3 Å². The molecule has 0 aliphatic carbocycles. The first-order valence-electron chi connectivity index (χ1n) is 9.12. The molecule has 0 spiro atoms. The molecule has 24 heavy (non-hydrogen) atoms. The van der Waals surface area contributed by atoms with Gasteiger partial charge in [0.05, 0.1) is 6.61 Å². The maximum Gasteiger partial charge on any atom is 0.173 e. The van der Waals surface area contributed by atoms with Crippen LogP contribution < -0.4 is 0 Å². The molecular formula is C17H40O3Si4. The maximum absolute atomic E-state index is 6.72. The summed E-state index contributed by atoms with van der Waals surface area (Å²) in [5, 5.41) is 0. The zero-order chi connectivity index (χ0) is 19.1. The van der Waals surface area contributed by atoms with Crippen LogP contribution in [0.3, 0.4) is 0 Å². The van der Waals surface area contributed by atoms with Crippen LogP contribution in [0.4, 0.5) is 0 Å². The van der Waals surface area contributed by atoms with Gasteiger partial charge in [0, 0.05) is 6.92 Å². The third-order valence-corrected chi connectivity index (χ3v) is 17.7.